The third kappa shape index (κ3) is 4.46. The van der Waals surface area contributed by atoms with Gasteiger partial charge < -0.3 is 14.6 Å². The fourth-order valence-electron chi connectivity index (χ4n) is 4.08. The van der Waals surface area contributed by atoms with Crippen LogP contribution < -0.4 is 14.4 Å². The Kier molecular flexibility index (Phi) is 6.51. The first kappa shape index (κ1) is 23.3. The fourth-order valence-corrected chi connectivity index (χ4v) is 4.75. The predicted molar refractivity (Wildman–Crippen MR) is 137 cm³/mol. The molecular formula is C28H22N2O5S. The van der Waals surface area contributed by atoms with Gasteiger partial charge in [-0.25, -0.2) is 4.98 Å². The molecule has 4 aromatic rings. The van der Waals surface area contributed by atoms with E-state index < -0.39 is 17.7 Å². The maximum absolute atomic E-state index is 13.3. The molecule has 3 aromatic carbocycles. The van der Waals surface area contributed by atoms with Crippen LogP contribution in [0.5, 0.6) is 17.2 Å². The molecule has 1 atom stereocenters. The van der Waals surface area contributed by atoms with Gasteiger partial charge in [0.05, 0.1) is 18.2 Å². The molecule has 0 spiro atoms. The largest absolute Gasteiger partial charge is 0.507 e. The van der Waals surface area contributed by atoms with E-state index in [9.17, 15) is 14.7 Å². The van der Waals surface area contributed by atoms with Crippen molar-refractivity contribution in [3.05, 3.63) is 107 Å². The monoisotopic (exact) mass is 498 g/mol. The number of aromatic nitrogens is 1. The van der Waals surface area contributed by atoms with Crippen molar-refractivity contribution in [2.24, 2.45) is 0 Å². The van der Waals surface area contributed by atoms with Crippen LogP contribution in [0.25, 0.3) is 5.76 Å². The van der Waals surface area contributed by atoms with E-state index >= 15 is 0 Å². The van der Waals surface area contributed by atoms with Crippen LogP contribution in [-0.4, -0.2) is 28.4 Å². The number of thiazole rings is 1. The van der Waals surface area contributed by atoms with Gasteiger partial charge in [0.1, 0.15) is 23.0 Å². The highest BCUT2D eigenvalue weighted by atomic mass is 32.1. The highest BCUT2D eigenvalue weighted by molar-refractivity contribution is 7.14. The minimum atomic E-state index is -0.887. The topological polar surface area (TPSA) is 89.0 Å². The number of ketones is 1. The average molecular weight is 499 g/mol. The molecule has 0 aliphatic carbocycles. The summed E-state index contributed by atoms with van der Waals surface area (Å²) in [4.78, 5) is 32.1. The van der Waals surface area contributed by atoms with Gasteiger partial charge in [0, 0.05) is 17.1 Å². The quantitative estimate of drug-likeness (QED) is 0.192. The van der Waals surface area contributed by atoms with Gasteiger partial charge in [-0.2, -0.15) is 0 Å². The van der Waals surface area contributed by atoms with Crippen molar-refractivity contribution in [1.82, 2.24) is 4.98 Å². The zero-order valence-electron chi connectivity index (χ0n) is 19.3. The summed E-state index contributed by atoms with van der Waals surface area (Å²) in [5, 5.41) is 13.4. The van der Waals surface area contributed by atoms with Crippen molar-refractivity contribution in [2.45, 2.75) is 13.0 Å². The number of para-hydroxylation sites is 1. The molecular weight excluding hydrogens is 476 g/mol. The van der Waals surface area contributed by atoms with Crippen molar-refractivity contribution in [1.29, 1.82) is 0 Å². The van der Waals surface area contributed by atoms with Gasteiger partial charge in [-0.3, -0.25) is 14.5 Å². The molecule has 0 bridgehead atoms. The zero-order valence-corrected chi connectivity index (χ0v) is 20.1. The van der Waals surface area contributed by atoms with Crippen LogP contribution in [0.4, 0.5) is 5.13 Å². The summed E-state index contributed by atoms with van der Waals surface area (Å²) in [7, 11) is 0. The van der Waals surface area contributed by atoms with Gasteiger partial charge in [-0.05, 0) is 61.0 Å². The summed E-state index contributed by atoms with van der Waals surface area (Å²) in [6.45, 7) is 2.38. The maximum Gasteiger partial charge on any atom is 0.301 e. The molecule has 1 aromatic heterocycles. The van der Waals surface area contributed by atoms with Gasteiger partial charge in [-0.15, -0.1) is 11.3 Å². The molecule has 1 saturated heterocycles. The Morgan fingerprint density at radius 1 is 0.972 bits per heavy atom. The number of ether oxygens (including phenoxy) is 2. The van der Waals surface area contributed by atoms with E-state index in [0.29, 0.717) is 40.1 Å². The van der Waals surface area contributed by atoms with E-state index in [1.54, 1.807) is 60.1 Å². The lowest BCUT2D eigenvalue weighted by Crippen LogP contribution is -2.29. The molecule has 1 fully saturated rings. The number of carbonyl (C=O) groups is 2. The van der Waals surface area contributed by atoms with Crippen molar-refractivity contribution in [3.8, 4) is 17.2 Å². The molecule has 5 rings (SSSR count). The normalized spacial score (nSPS) is 16.8. The van der Waals surface area contributed by atoms with Crippen molar-refractivity contribution < 1.29 is 24.2 Å². The molecule has 0 radical (unpaired) electrons. The van der Waals surface area contributed by atoms with E-state index in [2.05, 4.69) is 4.98 Å². The van der Waals surface area contributed by atoms with Crippen LogP contribution in [0.15, 0.2) is 96.0 Å². The molecule has 1 aliphatic heterocycles. The summed E-state index contributed by atoms with van der Waals surface area (Å²) in [5.74, 6) is 0.0183. The number of rotatable bonds is 7. The van der Waals surface area contributed by atoms with Crippen LogP contribution >= 0.6 is 11.3 Å². The summed E-state index contributed by atoms with van der Waals surface area (Å²) in [6, 6.07) is 22.3. The van der Waals surface area contributed by atoms with Crippen molar-refractivity contribution >= 4 is 33.9 Å². The molecule has 8 heteroatoms. The number of hydrogen-bond acceptors (Lipinski definition) is 7. The van der Waals surface area contributed by atoms with Crippen LogP contribution in [0.2, 0.25) is 0 Å². The lowest BCUT2D eigenvalue weighted by molar-refractivity contribution is -0.132. The number of aliphatic hydroxyl groups excluding tert-OH is 1. The summed E-state index contributed by atoms with van der Waals surface area (Å²) >= 11 is 1.24. The van der Waals surface area contributed by atoms with Crippen molar-refractivity contribution in [2.75, 3.05) is 11.5 Å². The second-order valence-corrected chi connectivity index (χ2v) is 8.80. The van der Waals surface area contributed by atoms with E-state index in [1.807, 2.05) is 37.3 Å². The van der Waals surface area contributed by atoms with Gasteiger partial charge in [0.2, 0.25) is 0 Å². The number of amides is 1. The highest BCUT2D eigenvalue weighted by Crippen LogP contribution is 2.43. The van der Waals surface area contributed by atoms with Crippen molar-refractivity contribution in [3.63, 3.8) is 0 Å². The van der Waals surface area contributed by atoms with Gasteiger partial charge in [-0.1, -0.05) is 30.3 Å². The molecule has 1 aliphatic rings. The Bertz CT molecular complexity index is 1420. The SMILES string of the molecule is CCOc1ccc(C(O)=C2C(=O)C(=O)N(c3nccs3)C2c2cccc(Oc3ccccc3)c2)cc1. The Labute approximate surface area is 211 Å². The first-order valence-corrected chi connectivity index (χ1v) is 12.2. The number of nitrogens with zero attached hydrogens (tertiary/aromatic N) is 2. The van der Waals surface area contributed by atoms with E-state index in [0.717, 1.165) is 0 Å². The van der Waals surface area contributed by atoms with E-state index in [-0.39, 0.29) is 11.3 Å². The molecule has 0 saturated carbocycles. The van der Waals surface area contributed by atoms with Crippen LogP contribution in [0.1, 0.15) is 24.1 Å². The van der Waals surface area contributed by atoms with Gasteiger partial charge >= 0.3 is 5.91 Å². The molecule has 36 heavy (non-hydrogen) atoms. The van der Waals surface area contributed by atoms with Crippen LogP contribution in [-0.2, 0) is 9.59 Å². The molecule has 7 nitrogen and oxygen atoms in total. The number of benzene rings is 3. The first-order valence-electron chi connectivity index (χ1n) is 11.3. The lowest BCUT2D eigenvalue weighted by Gasteiger charge is -2.23. The minimum Gasteiger partial charge on any atom is -0.507 e. The number of aliphatic hydroxyl groups is 1. The smallest absolute Gasteiger partial charge is 0.301 e. The average Bonchev–Trinajstić information content (AvgIpc) is 3.52. The molecule has 2 heterocycles. The number of Topliss-reactive ketones (excluding diaryl/α,β-unsaturated/α-hetero) is 1. The Hall–Kier alpha value is -4.43. The second kappa shape index (κ2) is 10.1. The zero-order chi connectivity index (χ0) is 25.1. The van der Waals surface area contributed by atoms with Gasteiger partial charge in [0.15, 0.2) is 5.13 Å². The second-order valence-electron chi connectivity index (χ2n) is 7.93. The Morgan fingerprint density at radius 3 is 2.42 bits per heavy atom. The van der Waals surface area contributed by atoms with Crippen LogP contribution in [0, 0.1) is 0 Å². The molecule has 1 unspecified atom stereocenters. The summed E-state index contributed by atoms with van der Waals surface area (Å²) < 4.78 is 11.5. The highest BCUT2D eigenvalue weighted by Gasteiger charge is 2.48. The minimum absolute atomic E-state index is 0.0174. The molecule has 1 amide bonds. The summed E-state index contributed by atoms with van der Waals surface area (Å²) in [5.41, 5.74) is 0.985. The van der Waals surface area contributed by atoms with Crippen LogP contribution in [0.3, 0.4) is 0 Å². The number of anilines is 1. The third-order valence-corrected chi connectivity index (χ3v) is 6.43. The van der Waals surface area contributed by atoms with Gasteiger partial charge in [0.25, 0.3) is 5.78 Å². The molecule has 180 valence electrons. The predicted octanol–water partition coefficient (Wildman–Crippen LogP) is 5.96. The Balaban J connectivity index is 1.61. The first-order chi connectivity index (χ1) is 17.6. The fraction of sp³-hybridized carbons (Fsp3) is 0.107. The lowest BCUT2D eigenvalue weighted by atomic mass is 9.95. The molecule has 1 N–H and O–H groups in total. The Morgan fingerprint density at radius 2 is 1.72 bits per heavy atom. The van der Waals surface area contributed by atoms with E-state index in [4.69, 9.17) is 9.47 Å². The van der Waals surface area contributed by atoms with E-state index in [1.165, 1.54) is 16.2 Å². The standard InChI is InChI=1S/C28H22N2O5S/c1-2-34-20-13-11-18(12-14-20)25(31)23-24(30(27(33)26(23)32)28-29-15-16-36-28)19-7-6-10-22(17-19)35-21-8-4-3-5-9-21/h3-17,24,31H,2H2,1H3. The summed E-state index contributed by atoms with van der Waals surface area (Å²) in [6.07, 6.45) is 1.57. The number of hydrogen-bond donors (Lipinski definition) is 1. The number of carbonyl (C=O) groups excluding carboxylic acids is 2. The maximum atomic E-state index is 13.3. The third-order valence-electron chi connectivity index (χ3n) is 5.66.